The second-order valence-corrected chi connectivity index (χ2v) is 6.08. The summed E-state index contributed by atoms with van der Waals surface area (Å²) in [5, 5.41) is 0. The van der Waals surface area contributed by atoms with E-state index in [1.54, 1.807) is 0 Å². The van der Waals surface area contributed by atoms with Crippen molar-refractivity contribution < 1.29 is 0 Å². The molecule has 1 aromatic rings. The number of imidazole rings is 1. The van der Waals surface area contributed by atoms with Gasteiger partial charge in [0.2, 0.25) is 0 Å². The fourth-order valence-electron chi connectivity index (χ4n) is 2.77. The molecule has 3 heterocycles. The van der Waals surface area contributed by atoms with Crippen LogP contribution in [-0.2, 0) is 13.0 Å². The first-order valence-corrected chi connectivity index (χ1v) is 7.37. The average molecular weight is 237 g/mol. The predicted molar refractivity (Wildman–Crippen MR) is 67.8 cm³/mol. The Bertz CT molecular complexity index is 368. The molecule has 0 spiro atoms. The first-order valence-electron chi connectivity index (χ1n) is 6.22. The lowest BCUT2D eigenvalue weighted by molar-refractivity contribution is 0.436. The first kappa shape index (κ1) is 10.7. The minimum Gasteiger partial charge on any atom is -0.330 e. The van der Waals surface area contributed by atoms with Gasteiger partial charge in [-0.1, -0.05) is 0 Å². The lowest BCUT2D eigenvalue weighted by Crippen LogP contribution is -2.33. The van der Waals surface area contributed by atoms with Crippen molar-refractivity contribution in [2.45, 2.75) is 44.2 Å². The molecule has 16 heavy (non-hydrogen) atoms. The lowest BCUT2D eigenvalue weighted by atomic mass is 10.0. The van der Waals surface area contributed by atoms with Gasteiger partial charge in [0.25, 0.3) is 0 Å². The van der Waals surface area contributed by atoms with Crippen molar-refractivity contribution in [1.82, 2.24) is 9.55 Å². The monoisotopic (exact) mass is 237 g/mol. The molecule has 3 nitrogen and oxygen atoms in total. The quantitative estimate of drug-likeness (QED) is 0.809. The summed E-state index contributed by atoms with van der Waals surface area (Å²) in [4.78, 5) is 4.65. The van der Waals surface area contributed by atoms with Crippen molar-refractivity contribution in [2.75, 3.05) is 11.5 Å². The van der Waals surface area contributed by atoms with E-state index in [0.29, 0.717) is 12.0 Å². The Balaban J connectivity index is 1.86. The molecule has 4 heteroatoms. The van der Waals surface area contributed by atoms with Gasteiger partial charge in [-0.05, 0) is 31.4 Å². The molecule has 0 aromatic carbocycles. The summed E-state index contributed by atoms with van der Waals surface area (Å²) >= 11 is 2.07. The molecule has 1 saturated heterocycles. The van der Waals surface area contributed by atoms with E-state index in [1.165, 1.54) is 35.9 Å². The highest BCUT2D eigenvalue weighted by atomic mass is 32.2. The Morgan fingerprint density at radius 2 is 2.38 bits per heavy atom. The topological polar surface area (TPSA) is 43.8 Å². The van der Waals surface area contributed by atoms with Crippen molar-refractivity contribution in [3.8, 4) is 0 Å². The minimum absolute atomic E-state index is 0.330. The van der Waals surface area contributed by atoms with E-state index in [-0.39, 0.29) is 0 Å². The maximum atomic E-state index is 6.05. The van der Waals surface area contributed by atoms with Gasteiger partial charge in [0.05, 0.1) is 0 Å². The molecular weight excluding hydrogens is 218 g/mol. The zero-order valence-corrected chi connectivity index (χ0v) is 10.4. The summed E-state index contributed by atoms with van der Waals surface area (Å²) in [5.41, 5.74) is 7.45. The molecule has 1 aromatic heterocycles. The minimum atomic E-state index is 0.330. The van der Waals surface area contributed by atoms with E-state index in [0.717, 1.165) is 19.4 Å². The van der Waals surface area contributed by atoms with Gasteiger partial charge < -0.3 is 10.3 Å². The average Bonchev–Trinajstić information content (AvgIpc) is 2.73. The van der Waals surface area contributed by atoms with Gasteiger partial charge in [0, 0.05) is 36.1 Å². The number of nitrogens with two attached hydrogens (primary N) is 1. The highest BCUT2D eigenvalue weighted by molar-refractivity contribution is 7.99. The zero-order valence-electron chi connectivity index (χ0n) is 9.56. The Hall–Kier alpha value is -0.480. The van der Waals surface area contributed by atoms with Crippen molar-refractivity contribution in [3.05, 3.63) is 17.7 Å². The summed E-state index contributed by atoms with van der Waals surface area (Å²) in [5.74, 6) is 4.53. The van der Waals surface area contributed by atoms with Crippen LogP contribution in [-0.4, -0.2) is 27.1 Å². The molecule has 3 rings (SSSR count). The molecule has 1 fully saturated rings. The van der Waals surface area contributed by atoms with Gasteiger partial charge in [-0.3, -0.25) is 0 Å². The van der Waals surface area contributed by atoms with Crippen LogP contribution in [0.2, 0.25) is 0 Å². The molecule has 2 aliphatic heterocycles. The third-order valence-corrected chi connectivity index (χ3v) is 4.90. The maximum Gasteiger partial charge on any atom is 0.112 e. The lowest BCUT2D eigenvalue weighted by Gasteiger charge is -2.26. The molecule has 2 atom stereocenters. The highest BCUT2D eigenvalue weighted by Gasteiger charge is 2.25. The van der Waals surface area contributed by atoms with Gasteiger partial charge in [0.15, 0.2) is 0 Å². The van der Waals surface area contributed by atoms with Crippen LogP contribution in [0.15, 0.2) is 6.20 Å². The molecule has 0 amide bonds. The maximum absolute atomic E-state index is 6.05. The van der Waals surface area contributed by atoms with Gasteiger partial charge in [-0.25, -0.2) is 4.98 Å². The van der Waals surface area contributed by atoms with Crippen LogP contribution in [0.3, 0.4) is 0 Å². The third kappa shape index (κ3) is 1.89. The SMILES string of the molecule is NC1CCc2cnc(C3CCCSC3)n2C1. The number of thioether (sulfide) groups is 1. The van der Waals surface area contributed by atoms with E-state index in [2.05, 4.69) is 27.5 Å². The number of rotatable bonds is 1. The summed E-state index contributed by atoms with van der Waals surface area (Å²) < 4.78 is 2.39. The van der Waals surface area contributed by atoms with E-state index in [4.69, 9.17) is 5.73 Å². The number of hydrogen-bond donors (Lipinski definition) is 1. The molecule has 2 aliphatic rings. The number of aromatic nitrogens is 2. The molecule has 0 radical (unpaired) electrons. The van der Waals surface area contributed by atoms with Crippen molar-refractivity contribution in [1.29, 1.82) is 0 Å². The number of nitrogens with zero attached hydrogens (tertiary/aromatic N) is 2. The molecule has 2 N–H and O–H groups in total. The van der Waals surface area contributed by atoms with Gasteiger partial charge in [-0.2, -0.15) is 11.8 Å². The largest absolute Gasteiger partial charge is 0.330 e. The van der Waals surface area contributed by atoms with Gasteiger partial charge >= 0.3 is 0 Å². The zero-order chi connectivity index (χ0) is 11.0. The molecule has 0 aliphatic carbocycles. The molecular formula is C12H19N3S. The van der Waals surface area contributed by atoms with Gasteiger partial charge in [0.1, 0.15) is 5.82 Å². The first-order chi connectivity index (χ1) is 7.84. The van der Waals surface area contributed by atoms with E-state index in [9.17, 15) is 0 Å². The third-order valence-electron chi connectivity index (χ3n) is 3.68. The second-order valence-electron chi connectivity index (χ2n) is 4.93. The van der Waals surface area contributed by atoms with Crippen LogP contribution in [0, 0.1) is 0 Å². The fraction of sp³-hybridized carbons (Fsp3) is 0.750. The summed E-state index contributed by atoms with van der Waals surface area (Å²) in [6.45, 7) is 0.978. The Labute approximate surface area is 101 Å². The van der Waals surface area contributed by atoms with Crippen LogP contribution >= 0.6 is 11.8 Å². The van der Waals surface area contributed by atoms with Crippen molar-refractivity contribution in [2.24, 2.45) is 5.73 Å². The molecule has 88 valence electrons. The van der Waals surface area contributed by atoms with Crippen LogP contribution < -0.4 is 5.73 Å². The van der Waals surface area contributed by atoms with Crippen LogP contribution in [0.1, 0.15) is 36.7 Å². The standard InChI is InChI=1S/C12H19N3S/c13-10-3-4-11-6-14-12(15(11)7-10)9-2-1-5-16-8-9/h6,9-10H,1-5,7-8,13H2. The summed E-state index contributed by atoms with van der Waals surface area (Å²) in [6, 6.07) is 0.330. The molecule has 0 bridgehead atoms. The number of hydrogen-bond acceptors (Lipinski definition) is 3. The van der Waals surface area contributed by atoms with Crippen LogP contribution in [0.5, 0.6) is 0 Å². The number of aryl methyl sites for hydroxylation is 1. The normalized spacial score (nSPS) is 30.1. The fourth-order valence-corrected chi connectivity index (χ4v) is 3.90. The Kier molecular flexibility index (Phi) is 2.94. The molecule has 0 saturated carbocycles. The molecule has 2 unspecified atom stereocenters. The highest BCUT2D eigenvalue weighted by Crippen LogP contribution is 2.32. The predicted octanol–water partition coefficient (Wildman–Crippen LogP) is 1.77. The smallest absolute Gasteiger partial charge is 0.112 e. The van der Waals surface area contributed by atoms with Gasteiger partial charge in [-0.15, -0.1) is 0 Å². The summed E-state index contributed by atoms with van der Waals surface area (Å²) in [7, 11) is 0. The van der Waals surface area contributed by atoms with Crippen molar-refractivity contribution in [3.63, 3.8) is 0 Å². The van der Waals surface area contributed by atoms with Crippen molar-refractivity contribution >= 4 is 11.8 Å². The van der Waals surface area contributed by atoms with E-state index in [1.807, 2.05) is 0 Å². The second kappa shape index (κ2) is 4.41. The Morgan fingerprint density at radius 1 is 1.44 bits per heavy atom. The van der Waals surface area contributed by atoms with E-state index < -0.39 is 0 Å². The van der Waals surface area contributed by atoms with Crippen LogP contribution in [0.4, 0.5) is 0 Å². The Morgan fingerprint density at radius 3 is 3.19 bits per heavy atom. The van der Waals surface area contributed by atoms with Crippen LogP contribution in [0.25, 0.3) is 0 Å². The summed E-state index contributed by atoms with van der Waals surface area (Å²) in [6.07, 6.45) is 6.93. The number of fused-ring (bicyclic) bond motifs is 1. The van der Waals surface area contributed by atoms with E-state index >= 15 is 0 Å².